The van der Waals surface area contributed by atoms with Gasteiger partial charge in [-0.25, -0.2) is 0 Å². The molecule has 0 radical (unpaired) electrons. The Labute approximate surface area is 154 Å². The van der Waals surface area contributed by atoms with E-state index in [0.29, 0.717) is 25.2 Å². The van der Waals surface area contributed by atoms with Crippen molar-refractivity contribution in [3.05, 3.63) is 47.7 Å². The van der Waals surface area contributed by atoms with Gasteiger partial charge in [-0.3, -0.25) is 19.2 Å². The minimum atomic E-state index is -0.473. The zero-order valence-corrected chi connectivity index (χ0v) is 15.6. The number of carbonyl (C=O) groups excluding carboxylic acids is 2. The van der Waals surface area contributed by atoms with Gasteiger partial charge in [0.05, 0.1) is 0 Å². The summed E-state index contributed by atoms with van der Waals surface area (Å²) in [5.74, 6) is 0.303. The Balaban J connectivity index is 1.60. The summed E-state index contributed by atoms with van der Waals surface area (Å²) in [7, 11) is 1.82. The Morgan fingerprint density at radius 2 is 2.04 bits per heavy atom. The van der Waals surface area contributed by atoms with Crippen LogP contribution in [0.3, 0.4) is 0 Å². The van der Waals surface area contributed by atoms with Crippen molar-refractivity contribution in [2.24, 2.45) is 13.0 Å². The second-order valence-corrected chi connectivity index (χ2v) is 7.13. The van der Waals surface area contributed by atoms with Gasteiger partial charge < -0.3 is 5.32 Å². The number of benzene rings is 1. The highest BCUT2D eigenvalue weighted by Gasteiger charge is 2.32. The molecule has 1 aromatic carbocycles. The fourth-order valence-corrected chi connectivity index (χ4v) is 3.27. The Morgan fingerprint density at radius 3 is 2.69 bits per heavy atom. The number of rotatable bonds is 5. The molecular formula is C20H26N4O2. The number of anilines is 1. The van der Waals surface area contributed by atoms with Crippen LogP contribution < -0.4 is 10.2 Å². The maximum atomic E-state index is 12.8. The number of carbonyl (C=O) groups is 2. The van der Waals surface area contributed by atoms with Crippen molar-refractivity contribution >= 4 is 17.6 Å². The lowest BCUT2D eigenvalue weighted by Crippen LogP contribution is -2.53. The molecule has 0 bridgehead atoms. The van der Waals surface area contributed by atoms with E-state index in [2.05, 4.69) is 22.5 Å². The monoisotopic (exact) mass is 354 g/mol. The lowest BCUT2D eigenvalue weighted by molar-refractivity contribution is -0.130. The van der Waals surface area contributed by atoms with Gasteiger partial charge in [0, 0.05) is 31.8 Å². The zero-order valence-electron chi connectivity index (χ0n) is 15.6. The molecule has 1 fully saturated rings. The normalized spacial score (nSPS) is 18.7. The highest BCUT2D eigenvalue weighted by molar-refractivity contribution is 5.99. The van der Waals surface area contributed by atoms with Crippen LogP contribution in [-0.4, -0.2) is 34.2 Å². The molecule has 6 nitrogen and oxygen atoms in total. The molecular weight excluding hydrogens is 328 g/mol. The van der Waals surface area contributed by atoms with Crippen LogP contribution in [0, 0.1) is 12.8 Å². The molecule has 2 atom stereocenters. The number of hydrogen-bond acceptors (Lipinski definition) is 3. The molecule has 1 saturated heterocycles. The Hall–Kier alpha value is -2.63. The zero-order chi connectivity index (χ0) is 18.7. The van der Waals surface area contributed by atoms with Crippen LogP contribution in [0.1, 0.15) is 30.9 Å². The van der Waals surface area contributed by atoms with E-state index in [0.717, 1.165) is 12.0 Å². The van der Waals surface area contributed by atoms with Crippen LogP contribution in [0.5, 0.6) is 0 Å². The van der Waals surface area contributed by atoms with E-state index in [-0.39, 0.29) is 17.7 Å². The molecule has 1 N–H and O–H groups in total. The smallest absolute Gasteiger partial charge is 0.250 e. The predicted molar refractivity (Wildman–Crippen MR) is 101 cm³/mol. The molecule has 2 heterocycles. The van der Waals surface area contributed by atoms with Gasteiger partial charge in [-0.05, 0) is 31.7 Å². The first kappa shape index (κ1) is 18.2. The third-order valence-electron chi connectivity index (χ3n) is 4.84. The summed E-state index contributed by atoms with van der Waals surface area (Å²) in [6.07, 6.45) is 4.00. The third kappa shape index (κ3) is 4.12. The number of nitrogens with one attached hydrogen (secondary N) is 1. The van der Waals surface area contributed by atoms with Gasteiger partial charge in [-0.2, -0.15) is 5.10 Å². The van der Waals surface area contributed by atoms with Gasteiger partial charge in [0.25, 0.3) is 5.91 Å². The van der Waals surface area contributed by atoms with E-state index in [1.54, 1.807) is 9.58 Å². The molecule has 6 heteroatoms. The number of nitrogens with zero attached hydrogens (tertiary/aromatic N) is 3. The topological polar surface area (TPSA) is 67.2 Å². The van der Waals surface area contributed by atoms with Gasteiger partial charge in [0.1, 0.15) is 6.04 Å². The average Bonchev–Trinajstić information content (AvgIpc) is 3.05. The number of aryl methyl sites for hydroxylation is 2. The SMILES string of the molecule is Cc1ccc(CC(C)C(=O)NC2CCCN(c3ccn(C)n3)C2=O)cc1. The summed E-state index contributed by atoms with van der Waals surface area (Å²) < 4.78 is 1.68. The maximum Gasteiger partial charge on any atom is 0.250 e. The first-order chi connectivity index (χ1) is 12.4. The summed E-state index contributed by atoms with van der Waals surface area (Å²) in [6, 6.07) is 9.55. The van der Waals surface area contributed by atoms with Gasteiger partial charge in [0.2, 0.25) is 5.91 Å². The molecule has 0 spiro atoms. The Kier molecular flexibility index (Phi) is 5.40. The molecule has 2 aromatic rings. The fraction of sp³-hybridized carbons (Fsp3) is 0.450. The summed E-state index contributed by atoms with van der Waals surface area (Å²) in [5.41, 5.74) is 2.33. The van der Waals surface area contributed by atoms with Crippen molar-refractivity contribution in [3.8, 4) is 0 Å². The second kappa shape index (κ2) is 7.72. The van der Waals surface area contributed by atoms with E-state index in [1.807, 2.05) is 45.3 Å². The standard InChI is InChI=1S/C20H26N4O2/c1-14-6-8-16(9-7-14)13-15(2)19(25)21-17-5-4-11-24(20(17)26)18-10-12-23(3)22-18/h6-10,12,15,17H,4-5,11,13H2,1-3H3,(H,21,25). The Bertz CT molecular complexity index is 781. The number of hydrogen-bond donors (Lipinski definition) is 1. The second-order valence-electron chi connectivity index (χ2n) is 7.13. The average molecular weight is 354 g/mol. The lowest BCUT2D eigenvalue weighted by atomic mass is 9.98. The van der Waals surface area contributed by atoms with Crippen LogP contribution in [0.2, 0.25) is 0 Å². The third-order valence-corrected chi connectivity index (χ3v) is 4.84. The maximum absolute atomic E-state index is 12.8. The van der Waals surface area contributed by atoms with E-state index in [1.165, 1.54) is 5.56 Å². The van der Waals surface area contributed by atoms with Crippen molar-refractivity contribution in [1.82, 2.24) is 15.1 Å². The first-order valence-electron chi connectivity index (χ1n) is 9.11. The minimum Gasteiger partial charge on any atom is -0.344 e. The largest absolute Gasteiger partial charge is 0.344 e. The molecule has 138 valence electrons. The molecule has 1 aliphatic rings. The first-order valence-corrected chi connectivity index (χ1v) is 9.11. The van der Waals surface area contributed by atoms with Gasteiger partial charge >= 0.3 is 0 Å². The van der Waals surface area contributed by atoms with Crippen LogP contribution in [0.25, 0.3) is 0 Å². The Morgan fingerprint density at radius 1 is 1.31 bits per heavy atom. The van der Waals surface area contributed by atoms with Crippen LogP contribution in [0.4, 0.5) is 5.82 Å². The van der Waals surface area contributed by atoms with E-state index in [9.17, 15) is 9.59 Å². The van der Waals surface area contributed by atoms with Gasteiger partial charge in [0.15, 0.2) is 5.82 Å². The quantitative estimate of drug-likeness (QED) is 0.895. The van der Waals surface area contributed by atoms with E-state index in [4.69, 9.17) is 0 Å². The summed E-state index contributed by atoms with van der Waals surface area (Å²) >= 11 is 0. The highest BCUT2D eigenvalue weighted by atomic mass is 16.2. The molecule has 0 saturated carbocycles. The van der Waals surface area contributed by atoms with Crippen LogP contribution in [-0.2, 0) is 23.1 Å². The van der Waals surface area contributed by atoms with Gasteiger partial charge in [-0.15, -0.1) is 0 Å². The minimum absolute atomic E-state index is 0.0770. The van der Waals surface area contributed by atoms with Crippen molar-refractivity contribution in [2.75, 3.05) is 11.4 Å². The highest BCUT2D eigenvalue weighted by Crippen LogP contribution is 2.19. The molecule has 2 unspecified atom stereocenters. The van der Waals surface area contributed by atoms with Crippen molar-refractivity contribution < 1.29 is 9.59 Å². The molecule has 26 heavy (non-hydrogen) atoms. The summed E-state index contributed by atoms with van der Waals surface area (Å²) in [4.78, 5) is 27.0. The van der Waals surface area contributed by atoms with Crippen molar-refractivity contribution in [1.29, 1.82) is 0 Å². The number of amides is 2. The van der Waals surface area contributed by atoms with E-state index < -0.39 is 6.04 Å². The number of aromatic nitrogens is 2. The van der Waals surface area contributed by atoms with Crippen molar-refractivity contribution in [2.45, 2.75) is 39.2 Å². The molecule has 2 amide bonds. The molecule has 3 rings (SSSR count). The fourth-order valence-electron chi connectivity index (χ4n) is 3.27. The summed E-state index contributed by atoms with van der Waals surface area (Å²) in [5, 5.41) is 7.25. The number of piperidine rings is 1. The van der Waals surface area contributed by atoms with Crippen LogP contribution in [0.15, 0.2) is 36.5 Å². The molecule has 0 aliphatic carbocycles. The van der Waals surface area contributed by atoms with Crippen molar-refractivity contribution in [3.63, 3.8) is 0 Å². The molecule has 1 aromatic heterocycles. The van der Waals surface area contributed by atoms with E-state index >= 15 is 0 Å². The summed E-state index contributed by atoms with van der Waals surface area (Å²) in [6.45, 7) is 4.59. The van der Waals surface area contributed by atoms with Crippen LogP contribution >= 0.6 is 0 Å². The van der Waals surface area contributed by atoms with Gasteiger partial charge in [-0.1, -0.05) is 36.8 Å². The predicted octanol–water partition coefficient (Wildman–Crippen LogP) is 2.22. The molecule has 1 aliphatic heterocycles. The lowest BCUT2D eigenvalue weighted by Gasteiger charge is -2.31.